The van der Waals surface area contributed by atoms with Gasteiger partial charge in [0.2, 0.25) is 0 Å². The van der Waals surface area contributed by atoms with Gasteiger partial charge in [0.15, 0.2) is 0 Å². The van der Waals surface area contributed by atoms with Crippen LogP contribution in [0.25, 0.3) is 0 Å². The van der Waals surface area contributed by atoms with Crippen molar-refractivity contribution in [3.63, 3.8) is 0 Å². The van der Waals surface area contributed by atoms with Crippen LogP contribution in [0.15, 0.2) is 12.1 Å². The van der Waals surface area contributed by atoms with Crippen molar-refractivity contribution >= 4 is 0 Å². The largest absolute Gasteiger partial charge is 0.381 e. The third-order valence-electron chi connectivity index (χ3n) is 2.67. The SMILES string of the molecule is Cc1c[c-]c(CCCOCC(C)C)cc1C.[Sc]. The Morgan fingerprint density at radius 3 is 2.53 bits per heavy atom. The first-order valence-electron chi connectivity index (χ1n) is 6.15. The maximum atomic E-state index is 5.56. The molecule has 0 aliphatic rings. The summed E-state index contributed by atoms with van der Waals surface area (Å²) in [4.78, 5) is 0. The van der Waals surface area contributed by atoms with Crippen LogP contribution in [-0.2, 0) is 37.0 Å². The van der Waals surface area contributed by atoms with Gasteiger partial charge in [-0.25, -0.2) is 0 Å². The fourth-order valence-corrected chi connectivity index (χ4v) is 1.56. The van der Waals surface area contributed by atoms with Crippen LogP contribution in [0, 0.1) is 25.8 Å². The first-order valence-corrected chi connectivity index (χ1v) is 6.15. The van der Waals surface area contributed by atoms with Gasteiger partial charge in [-0.05, 0) is 18.8 Å². The van der Waals surface area contributed by atoms with Gasteiger partial charge in [0, 0.05) is 39.1 Å². The summed E-state index contributed by atoms with van der Waals surface area (Å²) in [6.07, 6.45) is 2.16. The molecule has 0 unspecified atom stereocenters. The summed E-state index contributed by atoms with van der Waals surface area (Å²) in [6, 6.07) is 7.64. The third-order valence-corrected chi connectivity index (χ3v) is 2.67. The van der Waals surface area contributed by atoms with Crippen molar-refractivity contribution < 1.29 is 30.6 Å². The van der Waals surface area contributed by atoms with Gasteiger partial charge in [-0.1, -0.05) is 27.7 Å². The number of hydrogen-bond donors (Lipinski definition) is 0. The van der Waals surface area contributed by atoms with E-state index < -0.39 is 0 Å². The predicted molar refractivity (Wildman–Crippen MR) is 68.7 cm³/mol. The van der Waals surface area contributed by atoms with Gasteiger partial charge in [0.05, 0.1) is 0 Å². The Morgan fingerprint density at radius 1 is 1.24 bits per heavy atom. The smallest absolute Gasteiger partial charge is 0.0488 e. The number of rotatable bonds is 6. The molecule has 0 fully saturated rings. The molecule has 0 aromatic heterocycles. The minimum absolute atomic E-state index is 0. The predicted octanol–water partition coefficient (Wildman–Crippen LogP) is 3.71. The maximum Gasteiger partial charge on any atom is 0.0488 e. The molecule has 1 aromatic carbocycles. The summed E-state index contributed by atoms with van der Waals surface area (Å²) in [5.74, 6) is 0.633. The van der Waals surface area contributed by atoms with E-state index in [0.29, 0.717) is 5.92 Å². The Morgan fingerprint density at radius 2 is 1.94 bits per heavy atom. The molecule has 0 saturated heterocycles. The first-order chi connectivity index (χ1) is 7.59. The number of aryl methyl sites for hydroxylation is 3. The van der Waals surface area contributed by atoms with Crippen LogP contribution < -0.4 is 0 Å². The van der Waals surface area contributed by atoms with E-state index in [0.717, 1.165) is 26.1 Å². The summed E-state index contributed by atoms with van der Waals surface area (Å²) >= 11 is 0. The molecule has 0 atom stereocenters. The molecule has 2 heteroatoms. The summed E-state index contributed by atoms with van der Waals surface area (Å²) in [5.41, 5.74) is 3.98. The van der Waals surface area contributed by atoms with E-state index in [1.165, 1.54) is 16.7 Å². The second-order valence-electron chi connectivity index (χ2n) is 4.90. The van der Waals surface area contributed by atoms with E-state index in [1.54, 1.807) is 0 Å². The van der Waals surface area contributed by atoms with Gasteiger partial charge in [-0.2, -0.15) is 34.9 Å². The zero-order valence-electron chi connectivity index (χ0n) is 11.5. The average Bonchev–Trinajstić information content (AvgIpc) is 2.22. The molecule has 1 aromatic rings. The molecule has 0 aliphatic carbocycles. The van der Waals surface area contributed by atoms with Crippen molar-refractivity contribution in [3.8, 4) is 0 Å². The molecule has 0 N–H and O–H groups in total. The number of ether oxygens (including phenoxy) is 1. The molecular formula is C15H23OSc-. The van der Waals surface area contributed by atoms with Crippen molar-refractivity contribution in [3.05, 3.63) is 34.9 Å². The number of hydrogen-bond acceptors (Lipinski definition) is 1. The quantitative estimate of drug-likeness (QED) is 0.562. The van der Waals surface area contributed by atoms with Crippen molar-refractivity contribution in [1.29, 1.82) is 0 Å². The molecule has 0 amide bonds. The molecule has 0 spiro atoms. The Kier molecular flexibility index (Phi) is 9.07. The minimum Gasteiger partial charge on any atom is -0.381 e. The van der Waals surface area contributed by atoms with Crippen LogP contribution in [0.1, 0.15) is 37.0 Å². The normalized spacial score (nSPS) is 10.4. The molecule has 1 nitrogen and oxygen atoms in total. The van der Waals surface area contributed by atoms with Crippen LogP contribution in [0.2, 0.25) is 0 Å². The third kappa shape index (κ3) is 7.15. The molecule has 0 saturated carbocycles. The van der Waals surface area contributed by atoms with Crippen LogP contribution >= 0.6 is 0 Å². The van der Waals surface area contributed by atoms with Crippen LogP contribution in [-0.4, -0.2) is 13.2 Å². The van der Waals surface area contributed by atoms with E-state index in [1.807, 2.05) is 0 Å². The van der Waals surface area contributed by atoms with Crippen LogP contribution in [0.5, 0.6) is 0 Å². The van der Waals surface area contributed by atoms with Crippen molar-refractivity contribution in [1.82, 2.24) is 0 Å². The Hall–Kier alpha value is 0.0501. The van der Waals surface area contributed by atoms with Gasteiger partial charge >= 0.3 is 0 Å². The zero-order valence-corrected chi connectivity index (χ0v) is 13.3. The molecule has 93 valence electrons. The molecule has 17 heavy (non-hydrogen) atoms. The Balaban J connectivity index is 0.00000256. The fraction of sp³-hybridized carbons (Fsp3) is 0.600. The molecule has 1 radical (unpaired) electrons. The zero-order chi connectivity index (χ0) is 12.0. The maximum absolute atomic E-state index is 5.56. The van der Waals surface area contributed by atoms with Gasteiger partial charge in [0.1, 0.15) is 0 Å². The fourth-order valence-electron chi connectivity index (χ4n) is 1.56. The topological polar surface area (TPSA) is 9.23 Å². The van der Waals surface area contributed by atoms with E-state index in [-0.39, 0.29) is 25.8 Å². The van der Waals surface area contributed by atoms with Crippen LogP contribution in [0.3, 0.4) is 0 Å². The van der Waals surface area contributed by atoms with Crippen molar-refractivity contribution in [2.75, 3.05) is 13.2 Å². The molecular weight excluding hydrogens is 241 g/mol. The Bertz CT molecular complexity index is 321. The van der Waals surface area contributed by atoms with E-state index in [4.69, 9.17) is 4.74 Å². The molecule has 0 aliphatic heterocycles. The second kappa shape index (κ2) is 9.04. The molecule has 1 rings (SSSR count). The molecule has 0 heterocycles. The summed E-state index contributed by atoms with van der Waals surface area (Å²) in [6.45, 7) is 10.4. The Labute approximate surface area is 125 Å². The van der Waals surface area contributed by atoms with Gasteiger partial charge in [-0.3, -0.25) is 0 Å². The van der Waals surface area contributed by atoms with Gasteiger partial charge in [-0.15, -0.1) is 0 Å². The number of benzene rings is 1. The molecule has 0 bridgehead atoms. The second-order valence-corrected chi connectivity index (χ2v) is 4.90. The van der Waals surface area contributed by atoms with E-state index in [2.05, 4.69) is 45.9 Å². The van der Waals surface area contributed by atoms with E-state index >= 15 is 0 Å². The van der Waals surface area contributed by atoms with E-state index in [9.17, 15) is 0 Å². The minimum atomic E-state index is 0. The van der Waals surface area contributed by atoms with Crippen molar-refractivity contribution in [2.45, 2.75) is 40.5 Å². The summed E-state index contributed by atoms with van der Waals surface area (Å²) < 4.78 is 5.56. The van der Waals surface area contributed by atoms with Crippen LogP contribution in [0.4, 0.5) is 0 Å². The van der Waals surface area contributed by atoms with Gasteiger partial charge < -0.3 is 4.74 Å². The first kappa shape index (κ1) is 17.1. The van der Waals surface area contributed by atoms with Crippen molar-refractivity contribution in [2.24, 2.45) is 5.92 Å². The summed E-state index contributed by atoms with van der Waals surface area (Å²) in [5, 5.41) is 0. The average molecular weight is 264 g/mol. The van der Waals surface area contributed by atoms with Gasteiger partial charge in [0.25, 0.3) is 0 Å². The monoisotopic (exact) mass is 264 g/mol. The standard InChI is InChI=1S/C15H23O.Sc/c1-12(2)11-16-9-5-6-15-8-7-13(3)14(4)10-15;/h7,10,12H,5-6,9,11H2,1-4H3;/q-1;. The summed E-state index contributed by atoms with van der Waals surface area (Å²) in [7, 11) is 0.